The fourth-order valence-electron chi connectivity index (χ4n) is 2.40. The molecule has 3 heteroatoms. The van der Waals surface area contributed by atoms with Crippen LogP contribution in [0.1, 0.15) is 39.2 Å². The van der Waals surface area contributed by atoms with E-state index in [1.807, 2.05) is 0 Å². The van der Waals surface area contributed by atoms with Crippen molar-refractivity contribution in [3.05, 3.63) is 35.4 Å². The summed E-state index contributed by atoms with van der Waals surface area (Å²) in [6.45, 7) is 8.17. The zero-order valence-electron chi connectivity index (χ0n) is 12.2. The summed E-state index contributed by atoms with van der Waals surface area (Å²) in [5.74, 6) is -0.0466. The lowest BCUT2D eigenvalue weighted by atomic mass is 9.90. The average Bonchev–Trinajstić information content (AvgIpc) is 2.33. The Balaban J connectivity index is 2.69. The third-order valence-corrected chi connectivity index (χ3v) is 3.22. The summed E-state index contributed by atoms with van der Waals surface area (Å²) in [6.07, 6.45) is 2.51. The zero-order valence-corrected chi connectivity index (χ0v) is 12.2. The highest BCUT2D eigenvalue weighted by Crippen LogP contribution is 2.21. The summed E-state index contributed by atoms with van der Waals surface area (Å²) in [5, 5.41) is 3.35. The van der Waals surface area contributed by atoms with Gasteiger partial charge in [0.25, 0.3) is 0 Å². The summed E-state index contributed by atoms with van der Waals surface area (Å²) in [5.41, 5.74) is 0.228. The molecule has 1 aromatic rings. The van der Waals surface area contributed by atoms with Crippen molar-refractivity contribution in [3.63, 3.8) is 0 Å². The van der Waals surface area contributed by atoms with Crippen molar-refractivity contribution >= 4 is 0 Å². The van der Waals surface area contributed by atoms with Gasteiger partial charge in [-0.15, -0.1) is 0 Å². The molecule has 0 spiro atoms. The van der Waals surface area contributed by atoms with E-state index in [-0.39, 0.29) is 11.5 Å². The van der Waals surface area contributed by atoms with Crippen LogP contribution in [0.25, 0.3) is 0 Å². The van der Waals surface area contributed by atoms with Crippen LogP contribution in [0.4, 0.5) is 8.78 Å². The van der Waals surface area contributed by atoms with E-state index in [0.717, 1.165) is 25.9 Å². The number of nitrogens with one attached hydrogen (secondary N) is 1. The smallest absolute Gasteiger partial charge is 0.129 e. The predicted molar refractivity (Wildman–Crippen MR) is 76.2 cm³/mol. The fourth-order valence-corrected chi connectivity index (χ4v) is 2.40. The molecular weight excluding hydrogens is 244 g/mol. The van der Waals surface area contributed by atoms with Crippen molar-refractivity contribution in [2.24, 2.45) is 11.8 Å². The molecule has 1 aromatic carbocycles. The number of benzene rings is 1. The first-order valence-electron chi connectivity index (χ1n) is 7.18. The van der Waals surface area contributed by atoms with Gasteiger partial charge in [-0.1, -0.05) is 26.8 Å². The Morgan fingerprint density at radius 1 is 1.16 bits per heavy atom. The molecule has 108 valence electrons. The van der Waals surface area contributed by atoms with Crippen molar-refractivity contribution in [3.8, 4) is 0 Å². The predicted octanol–water partition coefficient (Wildman–Crippen LogP) is 4.17. The second kappa shape index (κ2) is 8.26. The highest BCUT2D eigenvalue weighted by molar-refractivity contribution is 5.20. The van der Waals surface area contributed by atoms with Gasteiger partial charge in [0.1, 0.15) is 11.6 Å². The Labute approximate surface area is 115 Å². The maximum absolute atomic E-state index is 13.7. The van der Waals surface area contributed by atoms with Gasteiger partial charge in [-0.25, -0.2) is 8.78 Å². The third kappa shape index (κ3) is 5.68. The maximum atomic E-state index is 13.7. The molecular formula is C16H25F2N. The van der Waals surface area contributed by atoms with Crippen molar-refractivity contribution in [2.45, 2.75) is 40.0 Å². The molecule has 1 nitrogen and oxygen atoms in total. The van der Waals surface area contributed by atoms with Gasteiger partial charge in [0.05, 0.1) is 0 Å². The van der Waals surface area contributed by atoms with Crippen LogP contribution < -0.4 is 5.32 Å². The van der Waals surface area contributed by atoms with Crippen molar-refractivity contribution in [1.29, 1.82) is 0 Å². The van der Waals surface area contributed by atoms with Gasteiger partial charge in [0, 0.05) is 5.56 Å². The number of hydrogen-bond donors (Lipinski definition) is 1. The van der Waals surface area contributed by atoms with Gasteiger partial charge >= 0.3 is 0 Å². The maximum Gasteiger partial charge on any atom is 0.129 e. The Kier molecular flexibility index (Phi) is 7.00. The second-order valence-electron chi connectivity index (χ2n) is 5.60. The largest absolute Gasteiger partial charge is 0.316 e. The van der Waals surface area contributed by atoms with E-state index in [4.69, 9.17) is 0 Å². The van der Waals surface area contributed by atoms with E-state index in [9.17, 15) is 8.78 Å². The third-order valence-electron chi connectivity index (χ3n) is 3.22. The van der Waals surface area contributed by atoms with Crippen LogP contribution in [-0.4, -0.2) is 13.1 Å². The lowest BCUT2D eigenvalue weighted by molar-refractivity contribution is 0.375. The van der Waals surface area contributed by atoms with Gasteiger partial charge < -0.3 is 5.32 Å². The van der Waals surface area contributed by atoms with E-state index in [1.165, 1.54) is 18.2 Å². The Morgan fingerprint density at radius 3 is 2.32 bits per heavy atom. The van der Waals surface area contributed by atoms with Crippen LogP contribution in [0.15, 0.2) is 18.2 Å². The molecule has 19 heavy (non-hydrogen) atoms. The van der Waals surface area contributed by atoms with Crippen LogP contribution in [0.2, 0.25) is 0 Å². The summed E-state index contributed by atoms with van der Waals surface area (Å²) in [6, 6.07) is 4.09. The first-order valence-corrected chi connectivity index (χ1v) is 7.18. The quantitative estimate of drug-likeness (QED) is 0.698. The summed E-state index contributed by atoms with van der Waals surface area (Å²) < 4.78 is 27.4. The molecule has 0 amide bonds. The van der Waals surface area contributed by atoms with E-state index < -0.39 is 11.6 Å². The summed E-state index contributed by atoms with van der Waals surface area (Å²) in [7, 11) is 0. The normalized spacial score (nSPS) is 12.9. The lowest BCUT2D eigenvalue weighted by Gasteiger charge is -2.20. The first-order chi connectivity index (χ1) is 9.04. The molecule has 0 aliphatic carbocycles. The highest BCUT2D eigenvalue weighted by atomic mass is 19.1. The summed E-state index contributed by atoms with van der Waals surface area (Å²) in [4.78, 5) is 0. The van der Waals surface area contributed by atoms with Crippen molar-refractivity contribution < 1.29 is 8.78 Å². The molecule has 0 radical (unpaired) electrons. The Morgan fingerprint density at radius 2 is 1.79 bits per heavy atom. The molecule has 0 aliphatic heterocycles. The SMILES string of the molecule is CCCNCC(Cc1c(F)cccc1F)CC(C)C. The van der Waals surface area contributed by atoms with E-state index in [0.29, 0.717) is 12.3 Å². The zero-order chi connectivity index (χ0) is 14.3. The molecule has 0 saturated carbocycles. The van der Waals surface area contributed by atoms with E-state index >= 15 is 0 Å². The average molecular weight is 269 g/mol. The van der Waals surface area contributed by atoms with Crippen molar-refractivity contribution in [2.75, 3.05) is 13.1 Å². The van der Waals surface area contributed by atoms with Crippen LogP contribution in [0.3, 0.4) is 0 Å². The van der Waals surface area contributed by atoms with Crippen molar-refractivity contribution in [1.82, 2.24) is 5.32 Å². The van der Waals surface area contributed by atoms with E-state index in [2.05, 4.69) is 26.1 Å². The molecule has 0 fully saturated rings. The van der Waals surface area contributed by atoms with Crippen LogP contribution in [-0.2, 0) is 6.42 Å². The molecule has 1 rings (SSSR count). The van der Waals surface area contributed by atoms with Gasteiger partial charge in [-0.05, 0) is 56.3 Å². The molecule has 0 saturated heterocycles. The molecule has 1 N–H and O–H groups in total. The Hall–Kier alpha value is -0.960. The molecule has 1 atom stereocenters. The van der Waals surface area contributed by atoms with Gasteiger partial charge in [0.2, 0.25) is 0 Å². The number of hydrogen-bond acceptors (Lipinski definition) is 1. The first kappa shape index (κ1) is 16.1. The fraction of sp³-hybridized carbons (Fsp3) is 0.625. The topological polar surface area (TPSA) is 12.0 Å². The molecule has 0 heterocycles. The highest BCUT2D eigenvalue weighted by Gasteiger charge is 2.16. The molecule has 0 aromatic heterocycles. The van der Waals surface area contributed by atoms with Crippen LogP contribution in [0, 0.1) is 23.5 Å². The van der Waals surface area contributed by atoms with Crippen LogP contribution in [0.5, 0.6) is 0 Å². The van der Waals surface area contributed by atoms with Gasteiger partial charge in [-0.3, -0.25) is 0 Å². The molecule has 1 unspecified atom stereocenters. The minimum atomic E-state index is -0.427. The van der Waals surface area contributed by atoms with Crippen LogP contribution >= 0.6 is 0 Å². The minimum absolute atomic E-state index is 0.228. The number of rotatable bonds is 8. The van der Waals surface area contributed by atoms with Gasteiger partial charge in [-0.2, -0.15) is 0 Å². The monoisotopic (exact) mass is 269 g/mol. The second-order valence-corrected chi connectivity index (χ2v) is 5.60. The molecule has 0 bridgehead atoms. The standard InChI is InChI=1S/C16H25F2N/c1-4-8-19-11-13(9-12(2)3)10-14-15(17)6-5-7-16(14)18/h5-7,12-13,19H,4,8-11H2,1-3H3. The lowest BCUT2D eigenvalue weighted by Crippen LogP contribution is -2.26. The minimum Gasteiger partial charge on any atom is -0.316 e. The summed E-state index contributed by atoms with van der Waals surface area (Å²) >= 11 is 0. The number of halogens is 2. The molecule has 0 aliphatic rings. The Bertz CT molecular complexity index is 357. The van der Waals surface area contributed by atoms with E-state index in [1.54, 1.807) is 0 Å². The van der Waals surface area contributed by atoms with Gasteiger partial charge in [0.15, 0.2) is 0 Å².